The summed E-state index contributed by atoms with van der Waals surface area (Å²) in [4.78, 5) is 4.46. The first-order valence-electron chi connectivity index (χ1n) is 8.18. The maximum Gasteiger partial charge on any atom is 0.151 e. The van der Waals surface area contributed by atoms with Crippen LogP contribution in [0, 0.1) is 0 Å². The van der Waals surface area contributed by atoms with Crippen LogP contribution in [0.25, 0.3) is 11.3 Å². The third-order valence-corrected chi connectivity index (χ3v) is 4.35. The van der Waals surface area contributed by atoms with E-state index in [2.05, 4.69) is 20.0 Å². The van der Waals surface area contributed by atoms with Gasteiger partial charge in [0.1, 0.15) is 17.3 Å². The molecule has 3 heterocycles. The van der Waals surface area contributed by atoms with Gasteiger partial charge in [-0.1, -0.05) is 17.3 Å². The van der Waals surface area contributed by atoms with Crippen molar-refractivity contribution in [1.82, 2.24) is 20.0 Å². The summed E-state index contributed by atoms with van der Waals surface area (Å²) in [6.45, 7) is 2.48. The average molecular weight is 324 g/mol. The molecule has 3 aromatic rings. The quantitative estimate of drug-likeness (QED) is 0.755. The smallest absolute Gasteiger partial charge is 0.151 e. The van der Waals surface area contributed by atoms with Gasteiger partial charge in [0.25, 0.3) is 0 Å². The SMILES string of the molecule is COc1ccccc1-c1cc(CNCc2cnc3n2CCC3)on1. The predicted octanol–water partition coefficient (Wildman–Crippen LogP) is 2.78. The Kier molecular flexibility index (Phi) is 4.04. The van der Waals surface area contributed by atoms with Crippen molar-refractivity contribution in [3.63, 3.8) is 0 Å². The highest BCUT2D eigenvalue weighted by Gasteiger charge is 2.15. The zero-order valence-corrected chi connectivity index (χ0v) is 13.7. The lowest BCUT2D eigenvalue weighted by molar-refractivity contribution is 0.373. The third kappa shape index (κ3) is 2.80. The van der Waals surface area contributed by atoms with E-state index in [4.69, 9.17) is 9.26 Å². The lowest BCUT2D eigenvalue weighted by Gasteiger charge is -2.05. The van der Waals surface area contributed by atoms with Crippen LogP contribution in [0.15, 0.2) is 41.1 Å². The fourth-order valence-electron chi connectivity index (χ4n) is 3.16. The van der Waals surface area contributed by atoms with Crippen LogP contribution in [0.3, 0.4) is 0 Å². The molecule has 1 aromatic carbocycles. The van der Waals surface area contributed by atoms with Crippen LogP contribution in [0.2, 0.25) is 0 Å². The van der Waals surface area contributed by atoms with Crippen LogP contribution in [-0.2, 0) is 26.1 Å². The Morgan fingerprint density at radius 3 is 3.12 bits per heavy atom. The van der Waals surface area contributed by atoms with E-state index < -0.39 is 0 Å². The van der Waals surface area contributed by atoms with Gasteiger partial charge in [-0.05, 0) is 18.6 Å². The first-order valence-corrected chi connectivity index (χ1v) is 8.18. The summed E-state index contributed by atoms with van der Waals surface area (Å²) >= 11 is 0. The summed E-state index contributed by atoms with van der Waals surface area (Å²) < 4.78 is 13.1. The molecule has 0 aliphatic carbocycles. The number of hydrogen-bond donors (Lipinski definition) is 1. The molecule has 1 aliphatic rings. The summed E-state index contributed by atoms with van der Waals surface area (Å²) in [6, 6.07) is 9.75. The van der Waals surface area contributed by atoms with E-state index in [1.165, 1.54) is 17.9 Å². The summed E-state index contributed by atoms with van der Waals surface area (Å²) in [7, 11) is 1.66. The first-order chi connectivity index (χ1) is 11.8. The van der Waals surface area contributed by atoms with Crippen molar-refractivity contribution in [2.24, 2.45) is 0 Å². The van der Waals surface area contributed by atoms with Crippen molar-refractivity contribution in [3.05, 3.63) is 53.8 Å². The molecule has 1 aliphatic heterocycles. The van der Waals surface area contributed by atoms with E-state index in [1.807, 2.05) is 36.5 Å². The summed E-state index contributed by atoms with van der Waals surface area (Å²) in [6.07, 6.45) is 4.24. The first kappa shape index (κ1) is 15.0. The molecule has 6 heteroatoms. The summed E-state index contributed by atoms with van der Waals surface area (Å²) in [5.41, 5.74) is 2.95. The maximum atomic E-state index is 5.44. The van der Waals surface area contributed by atoms with Crippen molar-refractivity contribution in [3.8, 4) is 17.0 Å². The molecule has 24 heavy (non-hydrogen) atoms. The van der Waals surface area contributed by atoms with Crippen LogP contribution >= 0.6 is 0 Å². The van der Waals surface area contributed by atoms with Gasteiger partial charge in [0.15, 0.2) is 5.76 Å². The molecule has 0 fully saturated rings. The second-order valence-electron chi connectivity index (χ2n) is 5.90. The lowest BCUT2D eigenvalue weighted by Crippen LogP contribution is -2.15. The molecular formula is C18H20N4O2. The van der Waals surface area contributed by atoms with E-state index in [9.17, 15) is 0 Å². The van der Waals surface area contributed by atoms with Crippen LogP contribution in [0.4, 0.5) is 0 Å². The van der Waals surface area contributed by atoms with Gasteiger partial charge in [0.2, 0.25) is 0 Å². The monoisotopic (exact) mass is 324 g/mol. The van der Waals surface area contributed by atoms with E-state index in [0.29, 0.717) is 6.54 Å². The second-order valence-corrected chi connectivity index (χ2v) is 5.90. The van der Waals surface area contributed by atoms with Crippen LogP contribution in [0.1, 0.15) is 23.7 Å². The number of rotatable bonds is 6. The Balaban J connectivity index is 1.40. The van der Waals surface area contributed by atoms with Gasteiger partial charge >= 0.3 is 0 Å². The molecule has 6 nitrogen and oxygen atoms in total. The van der Waals surface area contributed by atoms with Crippen LogP contribution in [-0.4, -0.2) is 21.8 Å². The molecule has 0 unspecified atom stereocenters. The zero-order chi connectivity index (χ0) is 16.4. The molecule has 0 spiro atoms. The zero-order valence-electron chi connectivity index (χ0n) is 13.7. The molecule has 4 rings (SSSR count). The minimum absolute atomic E-state index is 0.628. The van der Waals surface area contributed by atoms with Crippen molar-refractivity contribution >= 4 is 0 Å². The summed E-state index contributed by atoms with van der Waals surface area (Å²) in [5, 5.41) is 7.56. The van der Waals surface area contributed by atoms with Gasteiger partial charge in [-0.25, -0.2) is 4.98 Å². The second kappa shape index (κ2) is 6.49. The molecule has 124 valence electrons. The molecule has 0 radical (unpaired) electrons. The Hall–Kier alpha value is -2.60. The van der Waals surface area contributed by atoms with Crippen molar-refractivity contribution < 1.29 is 9.26 Å². The number of nitrogens with zero attached hydrogens (tertiary/aromatic N) is 3. The molecule has 0 amide bonds. The number of ether oxygens (including phenoxy) is 1. The van der Waals surface area contributed by atoms with Crippen molar-refractivity contribution in [2.45, 2.75) is 32.5 Å². The minimum atomic E-state index is 0.628. The molecule has 0 bridgehead atoms. The molecule has 0 saturated carbocycles. The van der Waals surface area contributed by atoms with Crippen LogP contribution < -0.4 is 10.1 Å². The number of para-hydroxylation sites is 1. The third-order valence-electron chi connectivity index (χ3n) is 4.35. The van der Waals surface area contributed by atoms with Gasteiger partial charge < -0.3 is 19.1 Å². The molecule has 2 aromatic heterocycles. The highest BCUT2D eigenvalue weighted by Crippen LogP contribution is 2.28. The van der Waals surface area contributed by atoms with E-state index in [-0.39, 0.29) is 0 Å². The number of aryl methyl sites for hydroxylation is 1. The maximum absolute atomic E-state index is 5.44. The van der Waals surface area contributed by atoms with Gasteiger partial charge in [-0.15, -0.1) is 0 Å². The number of aromatic nitrogens is 3. The summed E-state index contributed by atoms with van der Waals surface area (Å²) in [5.74, 6) is 2.79. The fraction of sp³-hybridized carbons (Fsp3) is 0.333. The number of imidazole rings is 1. The average Bonchev–Trinajstić information content (AvgIpc) is 3.33. The van der Waals surface area contributed by atoms with Crippen LogP contribution in [0.5, 0.6) is 5.75 Å². The number of fused-ring (bicyclic) bond motifs is 1. The van der Waals surface area contributed by atoms with Gasteiger partial charge in [0.05, 0.1) is 19.3 Å². The standard InChI is InChI=1S/C18H20N4O2/c1-23-17-6-3-2-5-15(17)16-9-14(24-21-16)12-19-10-13-11-20-18-7-4-8-22(13)18/h2-3,5-6,9,11,19H,4,7-8,10,12H2,1H3. The Morgan fingerprint density at radius 1 is 1.29 bits per heavy atom. The number of methoxy groups -OCH3 is 1. The lowest BCUT2D eigenvalue weighted by atomic mass is 10.1. The van der Waals surface area contributed by atoms with Crippen molar-refractivity contribution in [2.75, 3.05) is 7.11 Å². The van der Waals surface area contributed by atoms with E-state index in [1.54, 1.807) is 7.11 Å². The molecule has 0 atom stereocenters. The Bertz CT molecular complexity index is 837. The number of nitrogens with one attached hydrogen (secondary N) is 1. The Morgan fingerprint density at radius 2 is 2.21 bits per heavy atom. The predicted molar refractivity (Wildman–Crippen MR) is 89.6 cm³/mol. The topological polar surface area (TPSA) is 65.1 Å². The van der Waals surface area contributed by atoms with Gasteiger partial charge in [0, 0.05) is 37.3 Å². The number of hydrogen-bond acceptors (Lipinski definition) is 5. The highest BCUT2D eigenvalue weighted by atomic mass is 16.5. The normalized spacial score (nSPS) is 13.2. The Labute approximate surface area is 140 Å². The van der Waals surface area contributed by atoms with E-state index >= 15 is 0 Å². The number of benzene rings is 1. The fourth-order valence-corrected chi connectivity index (χ4v) is 3.16. The van der Waals surface area contributed by atoms with E-state index in [0.717, 1.165) is 42.3 Å². The van der Waals surface area contributed by atoms with Gasteiger partial charge in [-0.2, -0.15) is 0 Å². The largest absolute Gasteiger partial charge is 0.496 e. The highest BCUT2D eigenvalue weighted by molar-refractivity contribution is 5.66. The molecule has 1 N–H and O–H groups in total. The molecule has 0 saturated heterocycles. The van der Waals surface area contributed by atoms with Gasteiger partial charge in [-0.3, -0.25) is 0 Å². The minimum Gasteiger partial charge on any atom is -0.496 e. The van der Waals surface area contributed by atoms with Crippen molar-refractivity contribution in [1.29, 1.82) is 0 Å². The molecular weight excluding hydrogens is 304 g/mol.